The Morgan fingerprint density at radius 3 is 2.04 bits per heavy atom. The van der Waals surface area contributed by atoms with Gasteiger partial charge < -0.3 is 11.7 Å². The van der Waals surface area contributed by atoms with Crippen molar-refractivity contribution in [2.45, 2.75) is 71.5 Å². The van der Waals surface area contributed by atoms with Gasteiger partial charge in [0.15, 0.2) is 0 Å². The van der Waals surface area contributed by atoms with Gasteiger partial charge in [-0.2, -0.15) is 25.5 Å². The van der Waals surface area contributed by atoms with Gasteiger partial charge in [0.1, 0.15) is 0 Å². The molecule has 3 unspecified atom stereocenters. The van der Waals surface area contributed by atoms with E-state index in [1.807, 2.05) is 20.8 Å². The monoisotopic (exact) mass is 578 g/mol. The molecule has 3 atom stereocenters. The maximum absolute atomic E-state index is 12.9. The molecule has 1 saturated heterocycles. The van der Waals surface area contributed by atoms with Crippen LogP contribution in [-0.2, 0) is 31.5 Å². The molecule has 0 N–H and O–H groups in total. The van der Waals surface area contributed by atoms with Crippen molar-refractivity contribution < 1.29 is 35.9 Å². The molecule has 8 heteroatoms. The van der Waals surface area contributed by atoms with Gasteiger partial charge in [-0.25, -0.2) is 0 Å². The fraction of sp³-hybridized carbons (Fsp3) is 0.941. The van der Waals surface area contributed by atoms with Crippen LogP contribution in [0.3, 0.4) is 0 Å². The predicted molar refractivity (Wildman–Crippen MR) is 101 cm³/mol. The van der Waals surface area contributed by atoms with Crippen LogP contribution in [0.4, 0.5) is 4.39 Å². The second kappa shape index (κ2) is 18.5. The van der Waals surface area contributed by atoms with E-state index in [1.54, 1.807) is 0 Å². The van der Waals surface area contributed by atoms with Crippen molar-refractivity contribution in [2.75, 3.05) is 26.4 Å². The van der Waals surface area contributed by atoms with Gasteiger partial charge in [0.25, 0.3) is 0 Å². The van der Waals surface area contributed by atoms with Crippen LogP contribution >= 0.6 is 18.2 Å². The molecule has 0 spiro atoms. The summed E-state index contributed by atoms with van der Waals surface area (Å²) in [6, 6.07) is 0.529. The summed E-state index contributed by atoms with van der Waals surface area (Å²) >= 11 is 1.47. The molecule has 0 bridgehead atoms. The van der Waals surface area contributed by atoms with Gasteiger partial charge in [0, 0.05) is 0 Å². The molecule has 0 aromatic carbocycles. The van der Waals surface area contributed by atoms with Crippen molar-refractivity contribution >= 4 is 18.2 Å². The van der Waals surface area contributed by atoms with E-state index in [9.17, 15) is 4.39 Å². The van der Waals surface area contributed by atoms with Crippen LogP contribution in [0, 0.1) is 12.3 Å². The predicted octanol–water partition coefficient (Wildman–Crippen LogP) is 6.00. The number of rotatable bonds is 7. The second-order valence-electron chi connectivity index (χ2n) is 5.83. The van der Waals surface area contributed by atoms with Gasteiger partial charge in [-0.3, -0.25) is 4.39 Å². The molecule has 0 amide bonds. The van der Waals surface area contributed by atoms with Gasteiger partial charge >= 0.3 is 36.1 Å². The van der Waals surface area contributed by atoms with Gasteiger partial charge in [-0.1, -0.05) is 25.7 Å². The third-order valence-corrected chi connectivity index (χ3v) is 5.63. The maximum atomic E-state index is 12.9. The topological polar surface area (TPSA) is 41.8 Å². The summed E-state index contributed by atoms with van der Waals surface area (Å²) in [5, 5.41) is 4.62. The summed E-state index contributed by atoms with van der Waals surface area (Å²) in [5.41, 5.74) is 0. The van der Waals surface area contributed by atoms with E-state index in [-0.39, 0.29) is 0 Å². The molecule has 0 radical (unpaired) electrons. The van der Waals surface area contributed by atoms with Crippen LogP contribution in [-0.4, -0.2) is 38.6 Å². The van der Waals surface area contributed by atoms with Crippen molar-refractivity contribution in [1.82, 2.24) is 0 Å². The van der Waals surface area contributed by atoms with Crippen LogP contribution in [0.2, 0.25) is 0 Å². The summed E-state index contributed by atoms with van der Waals surface area (Å²) < 4.78 is 28.4. The van der Waals surface area contributed by atoms with E-state index < -0.39 is 14.8 Å². The number of piperidine rings is 1. The minimum atomic E-state index is -1.40. The zero-order chi connectivity index (χ0) is 18.9. The fourth-order valence-electron chi connectivity index (χ4n) is 2.92. The number of nitrogens with zero attached hydrogens (tertiary/aromatic N) is 1. The van der Waals surface area contributed by atoms with Crippen LogP contribution in [0.25, 0.3) is 5.32 Å². The van der Waals surface area contributed by atoms with E-state index in [2.05, 4.69) is 21.3 Å². The molecule has 0 aromatic heterocycles. The average molecular weight is 578 g/mol. The number of alkyl halides is 1. The summed E-state index contributed by atoms with van der Waals surface area (Å²) in [5.74, 6) is 0.590. The first-order valence-electron chi connectivity index (χ1n) is 9.23. The van der Waals surface area contributed by atoms with E-state index in [0.29, 0.717) is 38.2 Å². The average Bonchev–Trinajstić information content (AvgIpc) is 2.66. The van der Waals surface area contributed by atoms with E-state index >= 15 is 0 Å². The van der Waals surface area contributed by atoms with Crippen molar-refractivity contribution in [3.8, 4) is 0 Å². The molecular weight excluding hydrogens is 544 g/mol. The van der Waals surface area contributed by atoms with Crippen molar-refractivity contribution in [1.29, 1.82) is 0 Å². The van der Waals surface area contributed by atoms with Crippen molar-refractivity contribution in [3.05, 3.63) is 11.7 Å². The second-order valence-corrected chi connectivity index (χ2v) is 7.19. The molecule has 25 heavy (non-hydrogen) atoms. The van der Waals surface area contributed by atoms with Crippen molar-refractivity contribution in [2.24, 2.45) is 5.92 Å². The van der Waals surface area contributed by atoms with Gasteiger partial charge in [0.05, 0.1) is 26.0 Å². The molecule has 4 nitrogen and oxygen atoms in total. The third-order valence-electron chi connectivity index (χ3n) is 4.06. The van der Waals surface area contributed by atoms with Crippen LogP contribution in [0.5, 0.6) is 0 Å². The first kappa shape index (κ1) is 26.1. The Labute approximate surface area is 169 Å². The summed E-state index contributed by atoms with van der Waals surface area (Å²) in [7, 11) is 3.24. The molecule has 0 aromatic rings. The Morgan fingerprint density at radius 2 is 1.64 bits per heavy atom. The molecule has 2 fully saturated rings. The Bertz CT molecular complexity index is 270. The molecule has 1 aliphatic heterocycles. The Balaban J connectivity index is 0.000000434. The van der Waals surface area contributed by atoms with E-state index in [1.165, 1.54) is 37.2 Å². The summed E-state index contributed by atoms with van der Waals surface area (Å²) in [6.07, 6.45) is 7.86. The SMILES string of the molecule is CCO[PH+](OCC)OCC.FC1C[CH-]C(C2CCCC[N-]2)CC1.[Cl][Ir+2]. The van der Waals surface area contributed by atoms with E-state index in [0.717, 1.165) is 19.4 Å². The fourth-order valence-corrected chi connectivity index (χ4v) is 3.88. The molecule has 1 saturated carbocycles. The molecule has 2 aliphatic rings. The van der Waals surface area contributed by atoms with Crippen LogP contribution < -0.4 is 0 Å². The van der Waals surface area contributed by atoms with E-state index in [4.69, 9.17) is 13.6 Å². The Kier molecular flexibility index (Phi) is 19.3. The molecule has 152 valence electrons. The van der Waals surface area contributed by atoms with Gasteiger partial charge in [-0.05, 0) is 27.2 Å². The standard InChI is InChI=1S/C11H18FN.C6H16O3P.ClH.Ir/c12-10-6-4-9(5-7-10)11-3-1-2-8-13-11;1-4-7-10(8-5-2)9-6-3;;/h4,9-11H,1-3,5-8H2;10H,4-6H2,1-3H3;1H;/q-2;+1;;+3/p-1. The quantitative estimate of drug-likeness (QED) is 0.275. The number of hydrogen-bond donors (Lipinski definition) is 0. The molecule has 1 heterocycles. The third kappa shape index (κ3) is 13.0. The first-order chi connectivity index (χ1) is 12.2. The number of hydrogen-bond acceptors (Lipinski definition) is 3. The van der Waals surface area contributed by atoms with Crippen LogP contribution in [0.1, 0.15) is 59.3 Å². The first-order valence-corrected chi connectivity index (χ1v) is 13.4. The van der Waals surface area contributed by atoms with Crippen molar-refractivity contribution in [3.63, 3.8) is 0 Å². The normalized spacial score (nSPS) is 26.3. The molecular formula is C17H34ClFIrNO3P+. The van der Waals surface area contributed by atoms with Gasteiger partial charge in [0.2, 0.25) is 0 Å². The zero-order valence-corrected chi connectivity index (χ0v) is 19.8. The number of halogens is 2. The molecule has 2 rings (SSSR count). The summed E-state index contributed by atoms with van der Waals surface area (Å²) in [4.78, 5) is 0. The molecule has 1 aliphatic carbocycles. The van der Waals surface area contributed by atoms with Crippen LogP contribution in [0.15, 0.2) is 0 Å². The Hall–Kier alpha value is 1.14. The minimum absolute atomic E-state index is 0.529. The summed E-state index contributed by atoms with van der Waals surface area (Å²) in [6.45, 7) is 8.82. The zero-order valence-electron chi connectivity index (χ0n) is 15.6. The Morgan fingerprint density at radius 1 is 1.04 bits per heavy atom. The van der Waals surface area contributed by atoms with Gasteiger partial charge in [-0.15, -0.1) is 13.0 Å².